The van der Waals surface area contributed by atoms with Crippen molar-refractivity contribution in [3.8, 4) is 0 Å². The quantitative estimate of drug-likeness (QED) is 0.0215. The highest BCUT2D eigenvalue weighted by atomic mass is 16.4. The van der Waals surface area contributed by atoms with Crippen LogP contribution in [-0.4, -0.2) is 260 Å². The Balaban J connectivity index is 2.06. The average Bonchev–Trinajstić information content (AvgIpc) is 0.939. The van der Waals surface area contributed by atoms with Crippen LogP contribution in [-0.2, 0) is 97.5 Å². The number of hydrogen-bond acceptors (Lipinski definition) is 23. The highest BCUT2D eigenvalue weighted by Crippen LogP contribution is 2.22. The second kappa shape index (κ2) is 47.1. The Kier molecular flexibility index (Phi) is 39.9. The molecule has 2 heterocycles. The van der Waals surface area contributed by atoms with Crippen molar-refractivity contribution in [2.45, 2.75) is 228 Å². The fourth-order valence-corrected chi connectivity index (χ4v) is 11.9. The number of aliphatic carboxylic acids is 2. The van der Waals surface area contributed by atoms with Gasteiger partial charge in [-0.05, 0) is 109 Å². The Morgan fingerprint density at radius 1 is 0.607 bits per heavy atom. The van der Waals surface area contributed by atoms with Crippen LogP contribution in [0, 0.1) is 5.92 Å². The number of amides is 17. The average molecular weight is 1590 g/mol. The molecule has 3 rings (SSSR count). The Morgan fingerprint density at radius 2 is 1.18 bits per heavy atom. The molecule has 0 aromatic heterocycles. The van der Waals surface area contributed by atoms with Crippen molar-refractivity contribution in [2.24, 2.45) is 28.9 Å². The van der Waals surface area contributed by atoms with E-state index >= 15 is 4.79 Å². The number of benzene rings is 1. The molecule has 2 aliphatic heterocycles. The molecule has 26 N–H and O–H groups in total. The maximum atomic E-state index is 15.1. The van der Waals surface area contributed by atoms with E-state index in [4.69, 9.17) is 22.9 Å². The van der Waals surface area contributed by atoms with Gasteiger partial charge in [-0.2, -0.15) is 0 Å². The summed E-state index contributed by atoms with van der Waals surface area (Å²) >= 11 is 0. The van der Waals surface area contributed by atoms with Crippen LogP contribution < -0.4 is 92.1 Å². The zero-order chi connectivity index (χ0) is 84.2. The van der Waals surface area contributed by atoms with Crippen LogP contribution in [0.3, 0.4) is 0 Å². The molecule has 0 unspecified atom stereocenters. The maximum absolute atomic E-state index is 15.1. The van der Waals surface area contributed by atoms with E-state index in [1.165, 1.54) is 32.6 Å². The number of primary amides is 3. The molecule has 14 atom stereocenters. The number of unbranched alkanes of at least 4 members (excludes halogenated alkanes) is 1. The first-order valence-electron chi connectivity index (χ1n) is 36.5. The predicted molar refractivity (Wildman–Crippen MR) is 392 cm³/mol. The minimum absolute atomic E-state index is 0.0198. The van der Waals surface area contributed by atoms with Crippen molar-refractivity contribution in [3.05, 3.63) is 48.0 Å². The van der Waals surface area contributed by atoms with Gasteiger partial charge in [-0.1, -0.05) is 62.8 Å². The lowest BCUT2D eigenvalue weighted by atomic mass is 9.90. The van der Waals surface area contributed by atoms with Crippen molar-refractivity contribution in [3.63, 3.8) is 0 Å². The van der Waals surface area contributed by atoms with Gasteiger partial charge in [0.05, 0.1) is 45.6 Å². The first-order valence-corrected chi connectivity index (χ1v) is 36.5. The van der Waals surface area contributed by atoms with Gasteiger partial charge in [0.1, 0.15) is 77.5 Å². The van der Waals surface area contributed by atoms with Crippen molar-refractivity contribution in [1.82, 2.24) is 74.0 Å². The molecule has 0 bridgehead atoms. The lowest BCUT2D eigenvalue weighted by Crippen LogP contribution is -2.66. The zero-order valence-electron chi connectivity index (χ0n) is 63.2. The number of hydrogen-bond donors (Lipinski definition) is 22. The molecule has 17 amide bonds. The third-order valence-electron chi connectivity index (χ3n) is 18.6. The minimum atomic E-state index is -2.13. The fourth-order valence-electron chi connectivity index (χ4n) is 11.9. The largest absolute Gasteiger partial charge is 0.481 e. The number of carboxylic acid groups (broad SMARTS) is 2. The summed E-state index contributed by atoms with van der Waals surface area (Å²) < 4.78 is 0. The number of aliphatic hydroxyl groups excluding tert-OH is 3. The van der Waals surface area contributed by atoms with Gasteiger partial charge in [-0.3, -0.25) is 91.1 Å². The van der Waals surface area contributed by atoms with E-state index in [0.717, 1.165) is 0 Å². The summed E-state index contributed by atoms with van der Waals surface area (Å²) in [5, 5.41) is 80.4. The molecule has 1 aromatic rings. The molecular weight excluding hydrogens is 1480 g/mol. The molecule has 2 aliphatic rings. The summed E-state index contributed by atoms with van der Waals surface area (Å²) in [7, 11) is 0. The Bertz CT molecular complexity index is 3570. The van der Waals surface area contributed by atoms with E-state index in [1.807, 2.05) is 0 Å². The standard InChI is InChI=1S/C70H108N18O24/c1-6-37(2)55-66(110)83-48(36-91)62(106)81-45(31-51(73)94)63(107)86-69(4,67(111)84-43(29-39-19-12-11-13-20-39)60(104)77-40(21-14-17-27-71)58(102)78-41(23-24-53(96)97)59(103)79-42(56(74)100)32-54(98)99)25-15-9-7-8-10-16-26-70(5,68(112)85-55)87-64(108)44(30-50(72)93)80-61(105)47(35-90)76-52(95)33-75-57(101)46(34-89)82-65(109)49-22-18-28-88(49)38(3)92/h7-8,11-13,19-20,37,40-49,55,89-91H,6,9-10,14-18,21-36,71H2,1-5H3,(H2,72,93)(H2,73,94)(H2,74,100)(H,75,101)(H,76,95)(H,77,104)(H,78,102)(H,79,103)(H,80,105)(H,81,106)(H,82,109)(H,83,110)(H,84,111)(H,85,112)(H,86,107)(H,87,108)(H,96,97)(H,98,99)/b8-7-/t37-,40-,41-,42-,43-,44-,45-,46-,47-,48-,49-,55-,69-,70-/m0/s1. The highest BCUT2D eigenvalue weighted by molar-refractivity contribution is 6.03. The van der Waals surface area contributed by atoms with Crippen LogP contribution in [0.15, 0.2) is 42.5 Å². The third-order valence-corrected chi connectivity index (χ3v) is 18.6. The zero-order valence-corrected chi connectivity index (χ0v) is 63.2. The number of carbonyl (C=O) groups is 19. The van der Waals surface area contributed by atoms with Gasteiger partial charge in [0, 0.05) is 26.3 Å². The monoisotopic (exact) mass is 1580 g/mol. The fraction of sp³-hybridized carbons (Fsp3) is 0.614. The van der Waals surface area contributed by atoms with Crippen LogP contribution in [0.4, 0.5) is 0 Å². The van der Waals surface area contributed by atoms with Gasteiger partial charge < -0.3 is 122 Å². The van der Waals surface area contributed by atoms with E-state index in [2.05, 4.69) is 69.1 Å². The number of likely N-dealkylation sites (tertiary alicyclic amines) is 1. The summed E-state index contributed by atoms with van der Waals surface area (Å²) in [5.41, 5.74) is 18.4. The molecule has 42 nitrogen and oxygen atoms in total. The van der Waals surface area contributed by atoms with Crippen molar-refractivity contribution in [2.75, 3.05) is 39.5 Å². The molecule has 42 heteroatoms. The Labute approximate surface area is 644 Å². The summed E-state index contributed by atoms with van der Waals surface area (Å²) in [4.78, 5) is 257. The molecule has 0 saturated carbocycles. The SMILES string of the molecule is CC[C@H](C)[C@@H]1NC(=O)[C@@](C)(NC(=O)[C@H](CC(N)=O)NC(=O)[C@H](CO)NC(=O)CNC(=O)[C@H](CO)NC(=O)[C@@H]2CCCN2C(C)=O)CCC/C=C\CCC[C@@](C)(C(=O)N[C@@H](Cc2ccccc2)C(=O)N[C@@H](CCCCN)C(=O)N[C@@H](CCC(=O)O)C(=O)N[C@@H](CC(=O)O)C(N)=O)NC(=O)[C@H](CC(N)=O)NC(=O)[C@H](CO)NC1=O. The van der Waals surface area contributed by atoms with Gasteiger partial charge in [-0.15, -0.1) is 0 Å². The Hall–Kier alpha value is -11.3. The van der Waals surface area contributed by atoms with Crippen molar-refractivity contribution >= 4 is 112 Å². The molecule has 1 fully saturated rings. The molecule has 0 aliphatic carbocycles. The normalized spacial score (nSPS) is 21.7. The predicted octanol–water partition coefficient (Wildman–Crippen LogP) is -8.41. The summed E-state index contributed by atoms with van der Waals surface area (Å²) in [6, 6.07) is -10.7. The van der Waals surface area contributed by atoms with Gasteiger partial charge >= 0.3 is 11.9 Å². The number of allylic oxidation sites excluding steroid dienone is 2. The van der Waals surface area contributed by atoms with Crippen LogP contribution in [0.1, 0.15) is 149 Å². The number of aliphatic hydroxyl groups is 3. The van der Waals surface area contributed by atoms with Gasteiger partial charge in [0.2, 0.25) is 100 Å². The first kappa shape index (κ1) is 94.9. The van der Waals surface area contributed by atoms with E-state index in [9.17, 15) is 112 Å². The van der Waals surface area contributed by atoms with E-state index in [1.54, 1.807) is 49.4 Å². The van der Waals surface area contributed by atoms with Gasteiger partial charge in [-0.25, -0.2) is 0 Å². The second-order valence-corrected chi connectivity index (χ2v) is 27.7. The van der Waals surface area contributed by atoms with Crippen molar-refractivity contribution < 1.29 is 117 Å². The van der Waals surface area contributed by atoms with Crippen LogP contribution in [0.2, 0.25) is 0 Å². The third kappa shape index (κ3) is 31.6. The van der Waals surface area contributed by atoms with Gasteiger partial charge in [0.15, 0.2) is 0 Å². The first-order chi connectivity index (χ1) is 52.8. The Morgan fingerprint density at radius 3 is 1.73 bits per heavy atom. The molecule has 0 radical (unpaired) electrons. The van der Waals surface area contributed by atoms with E-state index < -0.39 is 254 Å². The van der Waals surface area contributed by atoms with Gasteiger partial charge in [0.25, 0.3) is 0 Å². The van der Waals surface area contributed by atoms with Crippen LogP contribution in [0.5, 0.6) is 0 Å². The maximum Gasteiger partial charge on any atom is 0.305 e. The number of carbonyl (C=O) groups excluding carboxylic acids is 17. The van der Waals surface area contributed by atoms with Crippen LogP contribution >= 0.6 is 0 Å². The molecule has 0 spiro atoms. The van der Waals surface area contributed by atoms with Crippen LogP contribution in [0.25, 0.3) is 0 Å². The minimum Gasteiger partial charge on any atom is -0.481 e. The van der Waals surface area contributed by atoms with E-state index in [-0.39, 0.29) is 90.1 Å². The smallest absolute Gasteiger partial charge is 0.305 e. The lowest BCUT2D eigenvalue weighted by molar-refractivity contribution is -0.141. The molecule has 112 heavy (non-hydrogen) atoms. The summed E-state index contributed by atoms with van der Waals surface area (Å²) in [6.45, 7) is 3.09. The van der Waals surface area contributed by atoms with Crippen molar-refractivity contribution in [1.29, 1.82) is 0 Å². The number of nitrogens with one attached hydrogen (secondary N) is 13. The summed E-state index contributed by atoms with van der Waals surface area (Å²) in [6.07, 6.45) is -0.383. The lowest BCUT2D eigenvalue weighted by Gasteiger charge is -2.34. The molecule has 622 valence electrons. The summed E-state index contributed by atoms with van der Waals surface area (Å²) in [5.74, 6) is -22.4. The number of nitrogens with two attached hydrogens (primary N) is 4. The molecule has 1 aromatic carbocycles. The second-order valence-electron chi connectivity index (χ2n) is 27.7. The highest BCUT2D eigenvalue weighted by Gasteiger charge is 2.44. The number of rotatable bonds is 39. The molecular formula is C70H108N18O24. The molecule has 1 saturated heterocycles. The number of nitrogens with zero attached hydrogens (tertiary/aromatic N) is 1. The van der Waals surface area contributed by atoms with E-state index in [0.29, 0.717) is 12.0 Å². The topological polar surface area (TPSA) is 689 Å². The number of carboxylic acids is 2.